The number of ether oxygens (including phenoxy) is 1. The molecule has 0 radical (unpaired) electrons. The minimum absolute atomic E-state index is 0.112. The van der Waals surface area contributed by atoms with Gasteiger partial charge in [-0.2, -0.15) is 0 Å². The number of carboxylic acids is 1. The Labute approximate surface area is 119 Å². The Hall–Kier alpha value is -1.18. The minimum Gasteiger partial charge on any atom is -0.481 e. The van der Waals surface area contributed by atoms with Crippen molar-refractivity contribution in [2.45, 2.75) is 13.3 Å². The van der Waals surface area contributed by atoms with Crippen molar-refractivity contribution in [1.29, 1.82) is 0 Å². The van der Waals surface area contributed by atoms with Crippen LogP contribution in [0.4, 0.5) is 0 Å². The van der Waals surface area contributed by atoms with Crippen LogP contribution in [0.2, 0.25) is 0 Å². The molecule has 1 amide bonds. The van der Waals surface area contributed by atoms with Crippen molar-refractivity contribution >= 4 is 11.9 Å². The lowest BCUT2D eigenvalue weighted by molar-refractivity contribution is -0.142. The van der Waals surface area contributed by atoms with Crippen LogP contribution in [0, 0.1) is 5.92 Å². The average Bonchev–Trinajstić information content (AvgIpc) is 2.39. The topological polar surface area (TPSA) is 96.1 Å². The first-order chi connectivity index (χ1) is 9.49. The third kappa shape index (κ3) is 6.83. The van der Waals surface area contributed by atoms with Crippen LogP contribution in [0.15, 0.2) is 0 Å². The van der Waals surface area contributed by atoms with E-state index in [4.69, 9.17) is 15.6 Å². The number of rotatable bonds is 9. The zero-order valence-electron chi connectivity index (χ0n) is 12.1. The summed E-state index contributed by atoms with van der Waals surface area (Å²) in [5.41, 5.74) is 5.20. The second-order valence-electron chi connectivity index (χ2n) is 5.25. The van der Waals surface area contributed by atoms with Gasteiger partial charge in [0.25, 0.3) is 0 Å². The highest BCUT2D eigenvalue weighted by Crippen LogP contribution is 2.03. The number of primary amides is 1. The molecule has 0 saturated carbocycles. The number of morpholine rings is 1. The second-order valence-corrected chi connectivity index (χ2v) is 5.25. The van der Waals surface area contributed by atoms with Gasteiger partial charge in [0, 0.05) is 19.6 Å². The van der Waals surface area contributed by atoms with Crippen LogP contribution >= 0.6 is 0 Å². The van der Waals surface area contributed by atoms with Crippen LogP contribution in [0.3, 0.4) is 0 Å². The van der Waals surface area contributed by atoms with Crippen molar-refractivity contribution in [3.8, 4) is 0 Å². The number of amides is 1. The molecule has 0 aromatic carbocycles. The number of carboxylic acid groups (broad SMARTS) is 1. The Morgan fingerprint density at radius 2 is 2.05 bits per heavy atom. The molecule has 7 heteroatoms. The molecular formula is C13H25N3O4. The largest absolute Gasteiger partial charge is 0.481 e. The second kappa shape index (κ2) is 8.89. The molecule has 116 valence electrons. The molecular weight excluding hydrogens is 262 g/mol. The fourth-order valence-corrected chi connectivity index (χ4v) is 2.26. The van der Waals surface area contributed by atoms with Gasteiger partial charge in [0.15, 0.2) is 0 Å². The molecule has 1 aliphatic rings. The normalized spacial score (nSPS) is 18.1. The highest BCUT2D eigenvalue weighted by atomic mass is 16.5. The minimum atomic E-state index is -0.854. The van der Waals surface area contributed by atoms with Crippen LogP contribution in [0.25, 0.3) is 0 Å². The molecule has 0 aromatic heterocycles. The van der Waals surface area contributed by atoms with E-state index in [1.165, 1.54) is 0 Å². The maximum absolute atomic E-state index is 11.0. The highest BCUT2D eigenvalue weighted by molar-refractivity contribution is 5.76. The number of carbonyl (C=O) groups excluding carboxylic acids is 1. The Bertz CT molecular complexity index is 319. The average molecular weight is 287 g/mol. The lowest BCUT2D eigenvalue weighted by atomic mass is 10.1. The van der Waals surface area contributed by atoms with E-state index >= 15 is 0 Å². The number of hydrogen-bond donors (Lipinski definition) is 2. The third-order valence-electron chi connectivity index (χ3n) is 3.39. The van der Waals surface area contributed by atoms with Gasteiger partial charge in [-0.1, -0.05) is 6.92 Å². The summed E-state index contributed by atoms with van der Waals surface area (Å²) in [5, 5.41) is 8.93. The maximum atomic E-state index is 11.0. The first-order valence-electron chi connectivity index (χ1n) is 7.02. The van der Waals surface area contributed by atoms with Crippen molar-refractivity contribution < 1.29 is 19.4 Å². The van der Waals surface area contributed by atoms with Gasteiger partial charge in [0.2, 0.25) is 5.91 Å². The molecule has 20 heavy (non-hydrogen) atoms. The van der Waals surface area contributed by atoms with E-state index in [2.05, 4.69) is 4.90 Å². The molecule has 7 nitrogen and oxygen atoms in total. The third-order valence-corrected chi connectivity index (χ3v) is 3.39. The van der Waals surface area contributed by atoms with Gasteiger partial charge in [-0.3, -0.25) is 19.4 Å². The summed E-state index contributed by atoms with van der Waals surface area (Å²) < 4.78 is 5.28. The molecule has 1 saturated heterocycles. The summed E-state index contributed by atoms with van der Waals surface area (Å²) in [7, 11) is 0. The molecule has 1 atom stereocenters. The van der Waals surface area contributed by atoms with E-state index < -0.39 is 17.8 Å². The molecule has 0 bridgehead atoms. The van der Waals surface area contributed by atoms with Gasteiger partial charge in [-0.15, -0.1) is 0 Å². The first-order valence-corrected chi connectivity index (χ1v) is 7.02. The fourth-order valence-electron chi connectivity index (χ4n) is 2.26. The summed E-state index contributed by atoms with van der Waals surface area (Å²) in [5.74, 6) is -1.78. The lowest BCUT2D eigenvalue weighted by Gasteiger charge is -2.28. The van der Waals surface area contributed by atoms with Gasteiger partial charge >= 0.3 is 5.97 Å². The number of hydrogen-bond acceptors (Lipinski definition) is 5. The Kier molecular flexibility index (Phi) is 7.50. The number of aliphatic carboxylic acids is 1. The Balaban J connectivity index is 2.31. The van der Waals surface area contributed by atoms with Crippen molar-refractivity contribution in [1.82, 2.24) is 9.80 Å². The molecule has 1 heterocycles. The van der Waals surface area contributed by atoms with Crippen molar-refractivity contribution in [2.24, 2.45) is 11.7 Å². The highest BCUT2D eigenvalue weighted by Gasteiger charge is 2.18. The molecule has 0 aliphatic carbocycles. The van der Waals surface area contributed by atoms with Gasteiger partial charge in [-0.05, 0) is 19.5 Å². The van der Waals surface area contributed by atoms with Gasteiger partial charge in [0.1, 0.15) is 0 Å². The van der Waals surface area contributed by atoms with Crippen LogP contribution in [-0.2, 0) is 14.3 Å². The summed E-state index contributed by atoms with van der Waals surface area (Å²) in [4.78, 5) is 26.0. The van der Waals surface area contributed by atoms with E-state index in [1.54, 1.807) is 6.92 Å². The Morgan fingerprint density at radius 3 is 2.60 bits per heavy atom. The summed E-state index contributed by atoms with van der Waals surface area (Å²) >= 11 is 0. The van der Waals surface area contributed by atoms with Gasteiger partial charge in [-0.25, -0.2) is 0 Å². The van der Waals surface area contributed by atoms with E-state index in [9.17, 15) is 9.59 Å². The standard InChI is InChI=1S/C13H25N3O4/c1-11(13(18)19)9-16(10-12(14)17)4-2-3-15-5-7-20-8-6-15/h11H,2-10H2,1H3,(H2,14,17)(H,18,19). The number of nitrogens with zero attached hydrogens (tertiary/aromatic N) is 2. The van der Waals surface area contributed by atoms with Crippen LogP contribution in [-0.4, -0.2) is 79.3 Å². The van der Waals surface area contributed by atoms with Crippen LogP contribution in [0.5, 0.6) is 0 Å². The Morgan fingerprint density at radius 1 is 1.40 bits per heavy atom. The molecule has 1 rings (SSSR count). The monoisotopic (exact) mass is 287 g/mol. The van der Waals surface area contributed by atoms with E-state index in [1.807, 2.05) is 4.90 Å². The molecule has 0 aromatic rings. The molecule has 3 N–H and O–H groups in total. The van der Waals surface area contributed by atoms with Crippen LogP contribution < -0.4 is 5.73 Å². The molecule has 1 fully saturated rings. The predicted molar refractivity (Wildman–Crippen MR) is 74.3 cm³/mol. The van der Waals surface area contributed by atoms with E-state index in [-0.39, 0.29) is 6.54 Å². The zero-order chi connectivity index (χ0) is 15.0. The number of nitrogens with two attached hydrogens (primary N) is 1. The molecule has 0 spiro atoms. The molecule has 1 unspecified atom stereocenters. The summed E-state index contributed by atoms with van der Waals surface area (Å²) in [6.45, 7) is 7.10. The number of carbonyl (C=O) groups is 2. The summed E-state index contributed by atoms with van der Waals surface area (Å²) in [6, 6.07) is 0. The van der Waals surface area contributed by atoms with E-state index in [0.717, 1.165) is 39.3 Å². The summed E-state index contributed by atoms with van der Waals surface area (Å²) in [6.07, 6.45) is 0.889. The van der Waals surface area contributed by atoms with Gasteiger partial charge in [0.05, 0.1) is 25.7 Å². The quantitative estimate of drug-likeness (QED) is 0.577. The van der Waals surface area contributed by atoms with Crippen molar-refractivity contribution in [3.05, 3.63) is 0 Å². The smallest absolute Gasteiger partial charge is 0.307 e. The van der Waals surface area contributed by atoms with E-state index in [0.29, 0.717) is 13.1 Å². The SMILES string of the molecule is CC(CN(CCCN1CCOCC1)CC(N)=O)C(=O)O. The van der Waals surface area contributed by atoms with Gasteiger partial charge < -0.3 is 15.6 Å². The fraction of sp³-hybridized carbons (Fsp3) is 0.846. The molecule has 1 aliphatic heterocycles. The zero-order valence-corrected chi connectivity index (χ0v) is 12.1. The van der Waals surface area contributed by atoms with Crippen molar-refractivity contribution in [3.63, 3.8) is 0 Å². The van der Waals surface area contributed by atoms with Crippen molar-refractivity contribution in [2.75, 3.05) is 52.5 Å². The van der Waals surface area contributed by atoms with Crippen LogP contribution in [0.1, 0.15) is 13.3 Å². The predicted octanol–water partition coefficient (Wildman–Crippen LogP) is -0.783. The maximum Gasteiger partial charge on any atom is 0.307 e. The first kappa shape index (κ1) is 16.9. The lowest BCUT2D eigenvalue weighted by Crippen LogP contribution is -2.41.